The normalized spacial score (nSPS) is 15.2. The Balaban J connectivity index is 1.31. The molecule has 0 unspecified atom stereocenters. The van der Waals surface area contributed by atoms with Gasteiger partial charge >= 0.3 is 0 Å². The van der Waals surface area contributed by atoms with Gasteiger partial charge in [0, 0.05) is 32.6 Å². The quantitative estimate of drug-likeness (QED) is 0.637. The van der Waals surface area contributed by atoms with Crippen LogP contribution in [0.5, 0.6) is 0 Å². The zero-order valence-corrected chi connectivity index (χ0v) is 17.8. The van der Waals surface area contributed by atoms with Gasteiger partial charge in [-0.25, -0.2) is 4.39 Å². The summed E-state index contributed by atoms with van der Waals surface area (Å²) in [6.07, 6.45) is 0.982. The van der Waals surface area contributed by atoms with Gasteiger partial charge in [-0.15, -0.1) is 10.2 Å². The molecule has 2 heterocycles. The fourth-order valence-corrected chi connectivity index (χ4v) is 4.09. The van der Waals surface area contributed by atoms with E-state index in [-0.39, 0.29) is 18.1 Å². The molecule has 0 spiro atoms. The molecule has 1 aromatic heterocycles. The van der Waals surface area contributed by atoms with Crippen LogP contribution in [0.4, 0.5) is 4.39 Å². The molecule has 162 valence electrons. The molecule has 1 aliphatic heterocycles. The lowest BCUT2D eigenvalue weighted by molar-refractivity contribution is -0.120. The summed E-state index contributed by atoms with van der Waals surface area (Å²) in [5, 5.41) is 11.5. The van der Waals surface area contributed by atoms with Gasteiger partial charge in [0.15, 0.2) is 5.82 Å². The molecule has 4 rings (SSSR count). The number of benzene rings is 2. The third kappa shape index (κ3) is 5.55. The van der Waals surface area contributed by atoms with E-state index >= 15 is 0 Å². The van der Waals surface area contributed by atoms with Crippen molar-refractivity contribution in [3.05, 3.63) is 83.2 Å². The highest BCUT2D eigenvalue weighted by Gasteiger charge is 2.20. The predicted molar refractivity (Wildman–Crippen MR) is 117 cm³/mol. The maximum absolute atomic E-state index is 13.3. The summed E-state index contributed by atoms with van der Waals surface area (Å²) in [4.78, 5) is 14.7. The van der Waals surface area contributed by atoms with E-state index in [2.05, 4.69) is 56.2 Å². The number of nitrogens with zero attached hydrogens (tertiary/aromatic N) is 4. The van der Waals surface area contributed by atoms with Gasteiger partial charge in [0.1, 0.15) is 11.6 Å². The first-order valence-corrected chi connectivity index (χ1v) is 10.8. The molecule has 1 N–H and O–H groups in total. The third-order valence-electron chi connectivity index (χ3n) is 5.79. The molecule has 31 heavy (non-hydrogen) atoms. The largest absolute Gasteiger partial charge is 0.349 e. The van der Waals surface area contributed by atoms with Crippen molar-refractivity contribution in [3.8, 4) is 0 Å². The summed E-state index contributed by atoms with van der Waals surface area (Å²) in [6.45, 7) is 6.26. The van der Waals surface area contributed by atoms with Gasteiger partial charge in [-0.3, -0.25) is 4.79 Å². The van der Waals surface area contributed by atoms with Crippen LogP contribution in [-0.4, -0.2) is 45.2 Å². The van der Waals surface area contributed by atoms with Crippen LogP contribution in [-0.2, 0) is 30.7 Å². The van der Waals surface area contributed by atoms with E-state index in [0.29, 0.717) is 18.0 Å². The van der Waals surface area contributed by atoms with Gasteiger partial charge in [-0.05, 0) is 29.2 Å². The van der Waals surface area contributed by atoms with Gasteiger partial charge < -0.3 is 14.8 Å². The van der Waals surface area contributed by atoms with Gasteiger partial charge in [0.2, 0.25) is 5.91 Å². The van der Waals surface area contributed by atoms with Gasteiger partial charge in [-0.2, -0.15) is 0 Å². The lowest BCUT2D eigenvalue weighted by Crippen LogP contribution is -2.31. The zero-order valence-electron chi connectivity index (χ0n) is 17.8. The lowest BCUT2D eigenvalue weighted by atomic mass is 10.0. The van der Waals surface area contributed by atoms with E-state index in [1.807, 2.05) is 6.07 Å². The van der Waals surface area contributed by atoms with E-state index in [1.54, 1.807) is 12.1 Å². The number of carbonyl (C=O) groups excluding carboxylic acids is 1. The second-order valence-electron chi connectivity index (χ2n) is 8.13. The van der Waals surface area contributed by atoms with E-state index in [9.17, 15) is 9.18 Å². The lowest BCUT2D eigenvalue weighted by Gasteiger charge is -2.24. The zero-order chi connectivity index (χ0) is 21.6. The second-order valence-corrected chi connectivity index (χ2v) is 8.13. The summed E-state index contributed by atoms with van der Waals surface area (Å²) in [5.41, 5.74) is 2.01. The minimum Gasteiger partial charge on any atom is -0.349 e. The van der Waals surface area contributed by atoms with Crippen molar-refractivity contribution in [1.29, 1.82) is 0 Å². The Labute approximate surface area is 182 Å². The summed E-state index contributed by atoms with van der Waals surface area (Å²) in [6, 6.07) is 16.7. The predicted octanol–water partition coefficient (Wildman–Crippen LogP) is 2.94. The molecule has 7 heteroatoms. The summed E-state index contributed by atoms with van der Waals surface area (Å²) >= 11 is 0. The highest BCUT2D eigenvalue weighted by molar-refractivity contribution is 5.78. The molecule has 1 atom stereocenters. The average molecular weight is 422 g/mol. The number of nitrogens with one attached hydrogen (secondary N) is 1. The number of hydrogen-bond acceptors (Lipinski definition) is 4. The molecule has 0 radical (unpaired) electrons. The van der Waals surface area contributed by atoms with Crippen LogP contribution in [0.15, 0.2) is 54.6 Å². The van der Waals surface area contributed by atoms with E-state index in [1.165, 1.54) is 17.7 Å². The maximum Gasteiger partial charge on any atom is 0.224 e. The number of aromatic nitrogens is 3. The Hall–Kier alpha value is -3.06. The molecule has 0 bridgehead atoms. The monoisotopic (exact) mass is 421 g/mol. The molecule has 1 amide bonds. The smallest absolute Gasteiger partial charge is 0.224 e. The first-order chi connectivity index (χ1) is 15.1. The molecular weight excluding hydrogens is 393 g/mol. The summed E-state index contributed by atoms with van der Waals surface area (Å²) < 4.78 is 15.4. The summed E-state index contributed by atoms with van der Waals surface area (Å²) in [7, 11) is 0. The molecule has 6 nitrogen and oxygen atoms in total. The Morgan fingerprint density at radius 2 is 1.94 bits per heavy atom. The van der Waals surface area contributed by atoms with Crippen LogP contribution in [0.2, 0.25) is 0 Å². The standard InChI is InChI=1S/C24H28FN5O/c1-18(20-7-3-2-4-8-20)17-29-11-10-22-27-28-23(30(22)13-12-29)16-26-24(31)15-19-6-5-9-21(25)14-19/h2-9,14,18H,10-13,15-17H2,1H3,(H,26,31)/t18-/m0/s1. The van der Waals surface area contributed by atoms with Crippen molar-refractivity contribution in [2.75, 3.05) is 19.6 Å². The highest BCUT2D eigenvalue weighted by atomic mass is 19.1. The summed E-state index contributed by atoms with van der Waals surface area (Å²) in [5.74, 6) is 1.70. The molecule has 0 aliphatic carbocycles. The fourth-order valence-electron chi connectivity index (χ4n) is 4.09. The number of amides is 1. The van der Waals surface area contributed by atoms with Crippen molar-refractivity contribution in [1.82, 2.24) is 25.0 Å². The number of carbonyl (C=O) groups is 1. The Kier molecular flexibility index (Phi) is 6.72. The van der Waals surface area contributed by atoms with Crippen molar-refractivity contribution in [3.63, 3.8) is 0 Å². The van der Waals surface area contributed by atoms with Crippen molar-refractivity contribution in [2.45, 2.75) is 38.8 Å². The molecule has 3 aromatic rings. The minimum absolute atomic E-state index is 0.143. The van der Waals surface area contributed by atoms with E-state index in [0.717, 1.165) is 44.2 Å². The topological polar surface area (TPSA) is 63.1 Å². The minimum atomic E-state index is -0.334. The first kappa shape index (κ1) is 21.2. The van der Waals surface area contributed by atoms with Gasteiger partial charge in [0.05, 0.1) is 13.0 Å². The Bertz CT molecular complexity index is 1020. The molecule has 0 fully saturated rings. The van der Waals surface area contributed by atoms with Crippen LogP contribution in [0.3, 0.4) is 0 Å². The molecule has 1 aliphatic rings. The van der Waals surface area contributed by atoms with E-state index in [4.69, 9.17) is 0 Å². The first-order valence-electron chi connectivity index (χ1n) is 10.8. The third-order valence-corrected chi connectivity index (χ3v) is 5.79. The van der Waals surface area contributed by atoms with Crippen molar-refractivity contribution < 1.29 is 9.18 Å². The van der Waals surface area contributed by atoms with Crippen LogP contribution in [0, 0.1) is 5.82 Å². The number of fused-ring (bicyclic) bond motifs is 1. The van der Waals surface area contributed by atoms with Crippen LogP contribution >= 0.6 is 0 Å². The Morgan fingerprint density at radius 3 is 2.74 bits per heavy atom. The SMILES string of the molecule is C[C@@H](CN1CCc2nnc(CNC(=O)Cc3cccc(F)c3)n2CC1)c1ccccc1. The molecule has 2 aromatic carbocycles. The number of halogens is 1. The highest BCUT2D eigenvalue weighted by Crippen LogP contribution is 2.18. The fraction of sp³-hybridized carbons (Fsp3) is 0.375. The number of hydrogen-bond donors (Lipinski definition) is 1. The van der Waals surface area contributed by atoms with Crippen LogP contribution < -0.4 is 5.32 Å². The van der Waals surface area contributed by atoms with Crippen molar-refractivity contribution in [2.24, 2.45) is 0 Å². The van der Waals surface area contributed by atoms with Crippen molar-refractivity contribution >= 4 is 5.91 Å². The molecule has 0 saturated carbocycles. The number of rotatable bonds is 7. The average Bonchev–Trinajstić information content (AvgIpc) is 3.05. The van der Waals surface area contributed by atoms with Crippen LogP contribution in [0.1, 0.15) is 35.6 Å². The second kappa shape index (κ2) is 9.83. The van der Waals surface area contributed by atoms with Crippen LogP contribution in [0.25, 0.3) is 0 Å². The molecule has 0 saturated heterocycles. The molecular formula is C24H28FN5O. The van der Waals surface area contributed by atoms with E-state index < -0.39 is 0 Å². The van der Waals surface area contributed by atoms with Gasteiger partial charge in [0.25, 0.3) is 0 Å². The Morgan fingerprint density at radius 1 is 1.10 bits per heavy atom. The maximum atomic E-state index is 13.3. The van der Waals surface area contributed by atoms with Gasteiger partial charge in [-0.1, -0.05) is 49.4 Å².